The number of hydrogen-bond donors (Lipinski definition) is 3. The zero-order valence-electron chi connectivity index (χ0n) is 12.6. The highest BCUT2D eigenvalue weighted by Gasteiger charge is 2.17. The maximum atomic E-state index is 11.2. The second-order valence-corrected chi connectivity index (χ2v) is 7.21. The second-order valence-electron chi connectivity index (χ2n) is 5.43. The van der Waals surface area contributed by atoms with E-state index in [1.54, 1.807) is 7.11 Å². The molecule has 1 aromatic heterocycles. The fourth-order valence-corrected chi connectivity index (χ4v) is 3.29. The molecule has 3 aromatic rings. The Morgan fingerprint density at radius 1 is 1.09 bits per heavy atom. The summed E-state index contributed by atoms with van der Waals surface area (Å²) in [6.07, 6.45) is -0.223. The maximum Gasteiger partial charge on any atom is 0.327 e. The Balaban J connectivity index is 2.25. The fourth-order valence-electron chi connectivity index (χ4n) is 2.83. The van der Waals surface area contributed by atoms with Gasteiger partial charge in [0, 0.05) is 28.4 Å². The van der Waals surface area contributed by atoms with Crippen LogP contribution in [-0.2, 0) is 17.7 Å². The summed E-state index contributed by atoms with van der Waals surface area (Å²) in [5.41, 5.74) is 2.54. The Bertz CT molecular complexity index is 850. The molecule has 0 atom stereocenters. The zero-order valence-corrected chi connectivity index (χ0v) is 13.5. The summed E-state index contributed by atoms with van der Waals surface area (Å²) in [7, 11) is -2.49. The third kappa shape index (κ3) is 3.12. The zero-order chi connectivity index (χ0) is 16.6. The van der Waals surface area contributed by atoms with Gasteiger partial charge in [-0.15, -0.1) is 0 Å². The standard InChI is InChI=1S/C16H18NO5P/c1-22-12-3-5-16-14(9-12)13-8-11(10-18)2-4-15(13)17(16)6-7-23(19,20)21/h2-5,8-9,18H,6-7,10H2,1H3,(H2,19,20,21). The summed E-state index contributed by atoms with van der Waals surface area (Å²) >= 11 is 0. The molecule has 3 N–H and O–H groups in total. The molecule has 0 aliphatic heterocycles. The minimum absolute atomic E-state index is 0.0605. The van der Waals surface area contributed by atoms with Crippen LogP contribution in [0.5, 0.6) is 5.75 Å². The lowest BCUT2D eigenvalue weighted by atomic mass is 10.1. The van der Waals surface area contributed by atoms with Crippen LogP contribution in [0.2, 0.25) is 0 Å². The van der Waals surface area contributed by atoms with Crippen molar-refractivity contribution in [2.75, 3.05) is 13.3 Å². The largest absolute Gasteiger partial charge is 0.497 e. The SMILES string of the molecule is COc1ccc2c(c1)c1cc(CO)ccc1n2CCP(=O)(O)O. The molecule has 0 saturated heterocycles. The number of nitrogens with zero attached hydrogens (tertiary/aromatic N) is 1. The van der Waals surface area contributed by atoms with Crippen LogP contribution < -0.4 is 4.74 Å². The molecule has 0 aliphatic rings. The van der Waals surface area contributed by atoms with E-state index < -0.39 is 7.60 Å². The lowest BCUT2D eigenvalue weighted by Gasteiger charge is -2.09. The van der Waals surface area contributed by atoms with Gasteiger partial charge in [-0.2, -0.15) is 0 Å². The van der Waals surface area contributed by atoms with E-state index in [1.165, 1.54) is 0 Å². The van der Waals surface area contributed by atoms with E-state index in [0.717, 1.165) is 27.4 Å². The van der Waals surface area contributed by atoms with Gasteiger partial charge < -0.3 is 24.2 Å². The lowest BCUT2D eigenvalue weighted by molar-refractivity contribution is 0.282. The summed E-state index contributed by atoms with van der Waals surface area (Å²) in [5.74, 6) is 0.709. The average Bonchev–Trinajstić information content (AvgIpc) is 2.84. The number of ether oxygens (including phenoxy) is 1. The van der Waals surface area contributed by atoms with E-state index in [0.29, 0.717) is 5.75 Å². The van der Waals surface area contributed by atoms with Crippen molar-refractivity contribution in [1.82, 2.24) is 4.57 Å². The lowest BCUT2D eigenvalue weighted by Crippen LogP contribution is -2.03. The van der Waals surface area contributed by atoms with Gasteiger partial charge in [0.15, 0.2) is 0 Å². The van der Waals surface area contributed by atoms with E-state index in [9.17, 15) is 9.67 Å². The van der Waals surface area contributed by atoms with Crippen LogP contribution in [0.15, 0.2) is 36.4 Å². The van der Waals surface area contributed by atoms with E-state index in [2.05, 4.69) is 0 Å². The van der Waals surface area contributed by atoms with Gasteiger partial charge in [0.2, 0.25) is 0 Å². The smallest absolute Gasteiger partial charge is 0.327 e. The summed E-state index contributed by atoms with van der Waals surface area (Å²) in [4.78, 5) is 18.3. The molecule has 0 radical (unpaired) electrons. The van der Waals surface area contributed by atoms with Crippen molar-refractivity contribution in [3.63, 3.8) is 0 Å². The van der Waals surface area contributed by atoms with Gasteiger partial charge in [0.05, 0.1) is 19.9 Å². The Hall–Kier alpha value is -1.85. The van der Waals surface area contributed by atoms with Crippen LogP contribution in [0.4, 0.5) is 0 Å². The number of aliphatic hydroxyl groups is 1. The molecule has 0 unspecified atom stereocenters. The van der Waals surface area contributed by atoms with Crippen LogP contribution in [-0.4, -0.2) is 32.7 Å². The van der Waals surface area contributed by atoms with Gasteiger partial charge in [-0.05, 0) is 35.9 Å². The molecule has 122 valence electrons. The minimum Gasteiger partial charge on any atom is -0.497 e. The van der Waals surface area contributed by atoms with Crippen molar-refractivity contribution >= 4 is 29.4 Å². The summed E-state index contributed by atoms with van der Waals surface area (Å²) < 4.78 is 18.4. The van der Waals surface area contributed by atoms with E-state index in [-0.39, 0.29) is 19.3 Å². The van der Waals surface area contributed by atoms with Gasteiger partial charge >= 0.3 is 7.60 Å². The van der Waals surface area contributed by atoms with Crippen molar-refractivity contribution in [3.8, 4) is 5.75 Å². The fraction of sp³-hybridized carbons (Fsp3) is 0.250. The number of rotatable bonds is 5. The maximum absolute atomic E-state index is 11.2. The van der Waals surface area contributed by atoms with Gasteiger partial charge in [-0.1, -0.05) is 6.07 Å². The second kappa shape index (κ2) is 5.98. The van der Waals surface area contributed by atoms with Crippen LogP contribution >= 0.6 is 7.60 Å². The highest BCUT2D eigenvalue weighted by atomic mass is 31.2. The molecule has 0 saturated carbocycles. The van der Waals surface area contributed by atoms with Crippen LogP contribution in [0.25, 0.3) is 21.8 Å². The number of aromatic nitrogens is 1. The average molecular weight is 335 g/mol. The first-order chi connectivity index (χ1) is 10.9. The minimum atomic E-state index is -4.08. The molecule has 1 heterocycles. The molecule has 0 bridgehead atoms. The van der Waals surface area contributed by atoms with Crippen LogP contribution in [0.1, 0.15) is 5.56 Å². The van der Waals surface area contributed by atoms with E-state index in [4.69, 9.17) is 14.5 Å². The van der Waals surface area contributed by atoms with Gasteiger partial charge in [-0.3, -0.25) is 4.57 Å². The first-order valence-corrected chi connectivity index (χ1v) is 8.97. The molecule has 0 amide bonds. The highest BCUT2D eigenvalue weighted by molar-refractivity contribution is 7.51. The first-order valence-electron chi connectivity index (χ1n) is 7.17. The molecule has 0 fully saturated rings. The Morgan fingerprint density at radius 2 is 1.74 bits per heavy atom. The number of fused-ring (bicyclic) bond motifs is 3. The number of hydrogen-bond acceptors (Lipinski definition) is 3. The van der Waals surface area contributed by atoms with E-state index >= 15 is 0 Å². The summed E-state index contributed by atoms with van der Waals surface area (Å²) in [6, 6.07) is 11.2. The van der Waals surface area contributed by atoms with Crippen LogP contribution in [0, 0.1) is 0 Å². The quantitative estimate of drug-likeness (QED) is 0.623. The molecule has 3 rings (SSSR count). The molecule has 0 spiro atoms. The molecule has 7 heteroatoms. The van der Waals surface area contributed by atoms with Crippen molar-refractivity contribution in [3.05, 3.63) is 42.0 Å². The predicted molar refractivity (Wildman–Crippen MR) is 88.8 cm³/mol. The Kier molecular flexibility index (Phi) is 4.17. The highest BCUT2D eigenvalue weighted by Crippen LogP contribution is 2.37. The third-order valence-electron chi connectivity index (χ3n) is 3.93. The summed E-state index contributed by atoms with van der Waals surface area (Å²) in [6.45, 7) is 0.157. The number of benzene rings is 2. The van der Waals surface area contributed by atoms with E-state index in [1.807, 2.05) is 41.0 Å². The summed E-state index contributed by atoms with van der Waals surface area (Å²) in [5, 5.41) is 11.2. The van der Waals surface area contributed by atoms with Crippen molar-refractivity contribution < 1.29 is 24.2 Å². The molecule has 6 nitrogen and oxygen atoms in total. The normalized spacial score (nSPS) is 12.2. The molecular weight excluding hydrogens is 317 g/mol. The topological polar surface area (TPSA) is 91.9 Å². The van der Waals surface area contributed by atoms with Gasteiger partial charge in [0.25, 0.3) is 0 Å². The molecular formula is C16H18NO5P. The Labute approximate surface area is 133 Å². The van der Waals surface area contributed by atoms with Crippen LogP contribution in [0.3, 0.4) is 0 Å². The van der Waals surface area contributed by atoms with Crippen molar-refractivity contribution in [1.29, 1.82) is 0 Å². The van der Waals surface area contributed by atoms with Gasteiger partial charge in [-0.25, -0.2) is 0 Å². The molecule has 0 aliphatic carbocycles. The predicted octanol–water partition coefficient (Wildman–Crippen LogP) is 2.47. The van der Waals surface area contributed by atoms with Gasteiger partial charge in [0.1, 0.15) is 5.75 Å². The first kappa shape index (κ1) is 16.0. The number of aryl methyl sites for hydroxylation is 1. The number of methoxy groups -OCH3 is 1. The number of aliphatic hydroxyl groups excluding tert-OH is 1. The Morgan fingerprint density at radius 3 is 2.35 bits per heavy atom. The molecule has 2 aromatic carbocycles. The van der Waals surface area contributed by atoms with Crippen molar-refractivity contribution in [2.45, 2.75) is 13.2 Å². The monoisotopic (exact) mass is 335 g/mol. The van der Waals surface area contributed by atoms with Crippen molar-refractivity contribution in [2.24, 2.45) is 0 Å². The third-order valence-corrected chi connectivity index (χ3v) is 4.72. The molecule has 23 heavy (non-hydrogen) atoms.